The van der Waals surface area contributed by atoms with Crippen LogP contribution in [0.3, 0.4) is 0 Å². The molecule has 6 heteroatoms. The van der Waals surface area contributed by atoms with Crippen LogP contribution in [0.4, 0.5) is 0 Å². The zero-order chi connectivity index (χ0) is 20.2. The first-order chi connectivity index (χ1) is 14.3. The first-order valence-corrected chi connectivity index (χ1v) is 10.3. The van der Waals surface area contributed by atoms with Crippen molar-refractivity contribution < 1.29 is 9.47 Å². The summed E-state index contributed by atoms with van der Waals surface area (Å²) < 4.78 is 11.5. The molecule has 0 spiro atoms. The van der Waals surface area contributed by atoms with Crippen LogP contribution in [0.2, 0.25) is 0 Å². The van der Waals surface area contributed by atoms with Crippen molar-refractivity contribution in [1.82, 2.24) is 15.5 Å². The number of benzene rings is 2. The van der Waals surface area contributed by atoms with Crippen LogP contribution in [0, 0.1) is 0 Å². The standard InChI is InChI=1S/C23H32N4O2/c1-24-23(25-12-11-20-7-3-2-4-8-20)26-19-21-9-5-6-10-22(21)29-18-15-27-13-16-28-17-14-27/h2-10H,11-19H2,1H3,(H2,24,25,26). The summed E-state index contributed by atoms with van der Waals surface area (Å²) in [4.78, 5) is 6.70. The topological polar surface area (TPSA) is 58.1 Å². The van der Waals surface area contributed by atoms with E-state index in [1.165, 1.54) is 5.56 Å². The van der Waals surface area contributed by atoms with Gasteiger partial charge in [0.1, 0.15) is 12.4 Å². The van der Waals surface area contributed by atoms with Gasteiger partial charge < -0.3 is 20.1 Å². The number of guanidine groups is 1. The number of ether oxygens (including phenoxy) is 2. The van der Waals surface area contributed by atoms with Gasteiger partial charge in [-0.2, -0.15) is 0 Å². The van der Waals surface area contributed by atoms with E-state index in [2.05, 4.69) is 50.9 Å². The molecule has 1 aliphatic rings. The lowest BCUT2D eigenvalue weighted by atomic mass is 10.1. The summed E-state index contributed by atoms with van der Waals surface area (Å²) in [5, 5.41) is 6.76. The summed E-state index contributed by atoms with van der Waals surface area (Å²) in [5.74, 6) is 1.72. The fraction of sp³-hybridized carbons (Fsp3) is 0.435. The maximum Gasteiger partial charge on any atom is 0.191 e. The largest absolute Gasteiger partial charge is 0.492 e. The molecule has 1 fully saturated rings. The molecule has 0 saturated carbocycles. The quantitative estimate of drug-likeness (QED) is 0.503. The van der Waals surface area contributed by atoms with Gasteiger partial charge >= 0.3 is 0 Å². The van der Waals surface area contributed by atoms with Gasteiger partial charge in [-0.1, -0.05) is 48.5 Å². The van der Waals surface area contributed by atoms with Crippen LogP contribution in [0.1, 0.15) is 11.1 Å². The third-order valence-electron chi connectivity index (χ3n) is 4.96. The van der Waals surface area contributed by atoms with Crippen LogP contribution >= 0.6 is 0 Å². The Morgan fingerprint density at radius 2 is 1.79 bits per heavy atom. The van der Waals surface area contributed by atoms with Gasteiger partial charge in [-0.05, 0) is 18.1 Å². The van der Waals surface area contributed by atoms with Gasteiger partial charge in [0.2, 0.25) is 0 Å². The van der Waals surface area contributed by atoms with Crippen LogP contribution in [-0.2, 0) is 17.7 Å². The van der Waals surface area contributed by atoms with Crippen molar-refractivity contribution in [1.29, 1.82) is 0 Å². The fourth-order valence-electron chi connectivity index (χ4n) is 3.27. The van der Waals surface area contributed by atoms with Gasteiger partial charge in [0.05, 0.1) is 13.2 Å². The minimum atomic E-state index is 0.665. The molecule has 1 aliphatic heterocycles. The number of para-hydroxylation sites is 1. The number of morpholine rings is 1. The minimum absolute atomic E-state index is 0.665. The Bertz CT molecular complexity index is 746. The predicted molar refractivity (Wildman–Crippen MR) is 118 cm³/mol. The van der Waals surface area contributed by atoms with Crippen molar-refractivity contribution in [2.45, 2.75) is 13.0 Å². The van der Waals surface area contributed by atoms with Crippen molar-refractivity contribution >= 4 is 5.96 Å². The lowest BCUT2D eigenvalue weighted by Gasteiger charge is -2.26. The highest BCUT2D eigenvalue weighted by Gasteiger charge is 2.10. The monoisotopic (exact) mass is 396 g/mol. The van der Waals surface area contributed by atoms with Crippen molar-refractivity contribution in [3.8, 4) is 5.75 Å². The van der Waals surface area contributed by atoms with E-state index in [0.717, 1.165) is 63.1 Å². The van der Waals surface area contributed by atoms with E-state index in [1.807, 2.05) is 24.3 Å². The van der Waals surface area contributed by atoms with Crippen LogP contribution in [0.15, 0.2) is 59.6 Å². The molecular weight excluding hydrogens is 364 g/mol. The van der Waals surface area contributed by atoms with Crippen LogP contribution in [0.5, 0.6) is 5.75 Å². The molecule has 1 heterocycles. The van der Waals surface area contributed by atoms with Gasteiger partial charge in [0.25, 0.3) is 0 Å². The zero-order valence-corrected chi connectivity index (χ0v) is 17.3. The second-order valence-corrected chi connectivity index (χ2v) is 7.00. The molecule has 156 valence electrons. The third kappa shape index (κ3) is 7.40. The normalized spacial score (nSPS) is 15.1. The van der Waals surface area contributed by atoms with E-state index in [4.69, 9.17) is 9.47 Å². The molecule has 0 bridgehead atoms. The highest BCUT2D eigenvalue weighted by atomic mass is 16.5. The predicted octanol–water partition coefficient (Wildman–Crippen LogP) is 2.31. The van der Waals surface area contributed by atoms with Crippen LogP contribution in [-0.4, -0.2) is 63.9 Å². The molecule has 29 heavy (non-hydrogen) atoms. The second-order valence-electron chi connectivity index (χ2n) is 7.00. The Labute approximate surface area is 173 Å². The summed E-state index contributed by atoms with van der Waals surface area (Å²) in [6.45, 7) is 6.71. The molecule has 2 N–H and O–H groups in total. The summed E-state index contributed by atoms with van der Waals surface area (Å²) in [6, 6.07) is 18.6. The second kappa shape index (κ2) is 12.1. The number of hydrogen-bond acceptors (Lipinski definition) is 4. The molecule has 3 rings (SSSR count). The molecule has 0 aliphatic carbocycles. The van der Waals surface area contributed by atoms with Crippen molar-refractivity contribution in [2.75, 3.05) is 53.0 Å². The summed E-state index contributed by atoms with van der Waals surface area (Å²) in [5.41, 5.74) is 2.44. The van der Waals surface area contributed by atoms with Crippen molar-refractivity contribution in [2.24, 2.45) is 4.99 Å². The molecule has 0 atom stereocenters. The van der Waals surface area contributed by atoms with Gasteiger partial charge in [-0.3, -0.25) is 9.89 Å². The van der Waals surface area contributed by atoms with E-state index in [9.17, 15) is 0 Å². The highest BCUT2D eigenvalue weighted by Crippen LogP contribution is 2.17. The highest BCUT2D eigenvalue weighted by molar-refractivity contribution is 5.79. The molecule has 0 radical (unpaired) electrons. The Balaban J connectivity index is 1.42. The lowest BCUT2D eigenvalue weighted by molar-refractivity contribution is 0.0322. The molecule has 2 aromatic carbocycles. The molecule has 0 amide bonds. The average Bonchev–Trinajstić information content (AvgIpc) is 2.78. The summed E-state index contributed by atoms with van der Waals surface area (Å²) >= 11 is 0. The summed E-state index contributed by atoms with van der Waals surface area (Å²) in [7, 11) is 1.79. The Morgan fingerprint density at radius 1 is 1.03 bits per heavy atom. The molecule has 0 aromatic heterocycles. The average molecular weight is 397 g/mol. The number of nitrogens with one attached hydrogen (secondary N) is 2. The molecule has 0 unspecified atom stereocenters. The zero-order valence-electron chi connectivity index (χ0n) is 17.3. The molecule has 1 saturated heterocycles. The number of hydrogen-bond donors (Lipinski definition) is 2. The van der Waals surface area contributed by atoms with Gasteiger partial charge in [0, 0.05) is 45.3 Å². The van der Waals surface area contributed by atoms with E-state index >= 15 is 0 Å². The van der Waals surface area contributed by atoms with Gasteiger partial charge in [-0.15, -0.1) is 0 Å². The molecule has 2 aromatic rings. The maximum absolute atomic E-state index is 6.06. The maximum atomic E-state index is 6.06. The lowest BCUT2D eigenvalue weighted by Crippen LogP contribution is -2.39. The Kier molecular flexibility index (Phi) is 8.82. The Morgan fingerprint density at radius 3 is 2.59 bits per heavy atom. The number of rotatable bonds is 9. The minimum Gasteiger partial charge on any atom is -0.492 e. The first kappa shape index (κ1) is 21.1. The van der Waals surface area contributed by atoms with Crippen LogP contribution < -0.4 is 15.4 Å². The third-order valence-corrected chi connectivity index (χ3v) is 4.96. The van der Waals surface area contributed by atoms with E-state index in [-0.39, 0.29) is 0 Å². The van der Waals surface area contributed by atoms with Crippen molar-refractivity contribution in [3.05, 3.63) is 65.7 Å². The summed E-state index contributed by atoms with van der Waals surface area (Å²) in [6.07, 6.45) is 0.961. The van der Waals surface area contributed by atoms with E-state index in [0.29, 0.717) is 13.2 Å². The number of nitrogens with zero attached hydrogens (tertiary/aromatic N) is 2. The Hall–Kier alpha value is -2.57. The van der Waals surface area contributed by atoms with Gasteiger partial charge in [0.15, 0.2) is 5.96 Å². The fourth-order valence-corrected chi connectivity index (χ4v) is 3.27. The van der Waals surface area contributed by atoms with Crippen molar-refractivity contribution in [3.63, 3.8) is 0 Å². The molecule has 6 nitrogen and oxygen atoms in total. The smallest absolute Gasteiger partial charge is 0.191 e. The van der Waals surface area contributed by atoms with Gasteiger partial charge in [-0.25, -0.2) is 0 Å². The van der Waals surface area contributed by atoms with E-state index in [1.54, 1.807) is 7.05 Å². The van der Waals surface area contributed by atoms with E-state index < -0.39 is 0 Å². The first-order valence-electron chi connectivity index (χ1n) is 10.3. The number of aliphatic imine (C=N–C) groups is 1. The van der Waals surface area contributed by atoms with Crippen LogP contribution in [0.25, 0.3) is 0 Å². The molecular formula is C23H32N4O2. The SMILES string of the molecule is CN=C(NCCc1ccccc1)NCc1ccccc1OCCN1CCOCC1.